The van der Waals surface area contributed by atoms with Gasteiger partial charge in [-0.15, -0.1) is 23.1 Å². The first-order chi connectivity index (χ1) is 8.25. The molecule has 1 nitrogen and oxygen atoms in total. The van der Waals surface area contributed by atoms with E-state index in [1.165, 1.54) is 15.3 Å². The van der Waals surface area contributed by atoms with E-state index in [1.807, 2.05) is 30.0 Å². The van der Waals surface area contributed by atoms with Crippen LogP contribution in [0.4, 0.5) is 0 Å². The Bertz CT molecular complexity index is 449. The summed E-state index contributed by atoms with van der Waals surface area (Å²) in [5.41, 5.74) is 7.09. The molecule has 0 spiro atoms. The van der Waals surface area contributed by atoms with Crippen molar-refractivity contribution in [1.29, 1.82) is 0 Å². The lowest BCUT2D eigenvalue weighted by Gasteiger charge is -2.07. The fourth-order valence-corrected chi connectivity index (χ4v) is 3.40. The summed E-state index contributed by atoms with van der Waals surface area (Å²) in [7, 11) is 0. The van der Waals surface area contributed by atoms with Gasteiger partial charge in [-0.1, -0.05) is 18.2 Å². The van der Waals surface area contributed by atoms with Crippen molar-refractivity contribution in [2.75, 3.05) is 5.75 Å². The van der Waals surface area contributed by atoms with E-state index in [4.69, 9.17) is 5.73 Å². The van der Waals surface area contributed by atoms with Gasteiger partial charge in [0.2, 0.25) is 0 Å². The highest BCUT2D eigenvalue weighted by atomic mass is 32.2. The van der Waals surface area contributed by atoms with E-state index in [2.05, 4.69) is 41.8 Å². The van der Waals surface area contributed by atoms with E-state index >= 15 is 0 Å². The molecule has 0 radical (unpaired) electrons. The topological polar surface area (TPSA) is 26.0 Å². The Morgan fingerprint density at radius 3 is 2.88 bits per heavy atom. The number of rotatable bonds is 5. The smallest absolute Gasteiger partial charge is 0.0266 e. The van der Waals surface area contributed by atoms with Crippen molar-refractivity contribution in [2.45, 2.75) is 24.3 Å². The third-order valence-corrected chi connectivity index (χ3v) is 4.51. The summed E-state index contributed by atoms with van der Waals surface area (Å²) >= 11 is 3.73. The molecule has 0 aliphatic carbocycles. The van der Waals surface area contributed by atoms with Crippen LogP contribution in [0.2, 0.25) is 0 Å². The van der Waals surface area contributed by atoms with Crippen molar-refractivity contribution in [2.24, 2.45) is 5.73 Å². The van der Waals surface area contributed by atoms with Crippen molar-refractivity contribution in [3.8, 4) is 0 Å². The summed E-state index contributed by atoms with van der Waals surface area (Å²) in [4.78, 5) is 2.78. The van der Waals surface area contributed by atoms with Crippen LogP contribution in [0, 0.1) is 0 Å². The summed E-state index contributed by atoms with van der Waals surface area (Å²) in [5, 5.41) is 2.14. The fourth-order valence-electron chi connectivity index (χ4n) is 1.61. The second kappa shape index (κ2) is 6.24. The molecular formula is C14H17NS2. The molecule has 0 aliphatic heterocycles. The van der Waals surface area contributed by atoms with Gasteiger partial charge in [0.25, 0.3) is 0 Å². The molecule has 3 heteroatoms. The predicted molar refractivity (Wildman–Crippen MR) is 77.8 cm³/mol. The van der Waals surface area contributed by atoms with Gasteiger partial charge in [0, 0.05) is 21.6 Å². The number of nitrogens with two attached hydrogens (primary N) is 1. The van der Waals surface area contributed by atoms with E-state index in [-0.39, 0.29) is 6.04 Å². The lowest BCUT2D eigenvalue weighted by molar-refractivity contribution is 0.815. The van der Waals surface area contributed by atoms with Crippen molar-refractivity contribution in [3.63, 3.8) is 0 Å². The normalized spacial score (nSPS) is 12.6. The van der Waals surface area contributed by atoms with E-state index in [1.54, 1.807) is 0 Å². The highest BCUT2D eigenvalue weighted by Crippen LogP contribution is 2.23. The Morgan fingerprint density at radius 1 is 1.29 bits per heavy atom. The van der Waals surface area contributed by atoms with Crippen molar-refractivity contribution in [3.05, 3.63) is 52.2 Å². The number of aryl methyl sites for hydroxylation is 1. The highest BCUT2D eigenvalue weighted by Gasteiger charge is 2.01. The van der Waals surface area contributed by atoms with E-state index in [0.717, 1.165) is 12.2 Å². The molecule has 1 aromatic heterocycles. The molecule has 17 heavy (non-hydrogen) atoms. The van der Waals surface area contributed by atoms with Crippen LogP contribution < -0.4 is 5.73 Å². The first-order valence-corrected chi connectivity index (χ1v) is 7.63. The molecule has 1 unspecified atom stereocenters. The van der Waals surface area contributed by atoms with Crippen molar-refractivity contribution >= 4 is 23.1 Å². The number of hydrogen-bond acceptors (Lipinski definition) is 3. The van der Waals surface area contributed by atoms with Crippen LogP contribution in [0.25, 0.3) is 0 Å². The van der Waals surface area contributed by atoms with Crippen LogP contribution in [0.5, 0.6) is 0 Å². The zero-order valence-corrected chi connectivity index (χ0v) is 11.6. The Balaban J connectivity index is 1.88. The largest absolute Gasteiger partial charge is 0.324 e. The molecule has 2 rings (SSSR count). The van der Waals surface area contributed by atoms with Gasteiger partial charge in [0.1, 0.15) is 0 Å². The van der Waals surface area contributed by atoms with E-state index < -0.39 is 0 Å². The minimum Gasteiger partial charge on any atom is -0.324 e. The number of hydrogen-bond donors (Lipinski definition) is 1. The molecule has 2 aromatic rings. The number of thioether (sulfide) groups is 1. The second-order valence-corrected chi connectivity index (χ2v) is 6.24. The van der Waals surface area contributed by atoms with Gasteiger partial charge < -0.3 is 5.73 Å². The molecule has 0 amide bonds. The summed E-state index contributed by atoms with van der Waals surface area (Å²) in [6.07, 6.45) is 1.14. The maximum atomic E-state index is 5.88. The Hall–Kier alpha value is -0.770. The molecule has 1 atom stereocenters. The molecule has 0 saturated heterocycles. The highest BCUT2D eigenvalue weighted by molar-refractivity contribution is 7.99. The Kier molecular flexibility index (Phi) is 4.66. The predicted octanol–water partition coefficient (Wildman–Crippen LogP) is 4.10. The monoisotopic (exact) mass is 263 g/mol. The first kappa shape index (κ1) is 12.7. The van der Waals surface area contributed by atoms with Crippen LogP contribution in [-0.2, 0) is 6.42 Å². The van der Waals surface area contributed by atoms with Gasteiger partial charge in [-0.25, -0.2) is 0 Å². The Labute approximate surface area is 111 Å². The summed E-state index contributed by atoms with van der Waals surface area (Å²) in [5.74, 6) is 1.13. The van der Waals surface area contributed by atoms with Gasteiger partial charge in [-0.2, -0.15) is 0 Å². The molecule has 0 aliphatic rings. The van der Waals surface area contributed by atoms with Crippen LogP contribution in [-0.4, -0.2) is 5.75 Å². The zero-order valence-electron chi connectivity index (χ0n) is 9.93. The SMILES string of the molecule is CC(N)c1cccc(SCCc2cccs2)c1. The van der Waals surface area contributed by atoms with E-state index in [9.17, 15) is 0 Å². The maximum Gasteiger partial charge on any atom is 0.0266 e. The lowest BCUT2D eigenvalue weighted by atomic mass is 10.1. The fraction of sp³-hybridized carbons (Fsp3) is 0.286. The minimum atomic E-state index is 0.118. The van der Waals surface area contributed by atoms with Gasteiger partial charge >= 0.3 is 0 Å². The van der Waals surface area contributed by atoms with Crippen LogP contribution >= 0.6 is 23.1 Å². The van der Waals surface area contributed by atoms with Gasteiger partial charge in [0.05, 0.1) is 0 Å². The second-order valence-electron chi connectivity index (χ2n) is 4.04. The first-order valence-electron chi connectivity index (χ1n) is 5.76. The molecular weight excluding hydrogens is 246 g/mol. The average molecular weight is 263 g/mol. The third-order valence-electron chi connectivity index (χ3n) is 2.58. The Morgan fingerprint density at radius 2 is 2.18 bits per heavy atom. The van der Waals surface area contributed by atoms with Gasteiger partial charge in [-0.3, -0.25) is 0 Å². The molecule has 1 aromatic carbocycles. The van der Waals surface area contributed by atoms with Crippen LogP contribution in [0.1, 0.15) is 23.4 Å². The van der Waals surface area contributed by atoms with Crippen LogP contribution in [0.15, 0.2) is 46.7 Å². The molecule has 0 bridgehead atoms. The maximum absolute atomic E-state index is 5.88. The van der Waals surface area contributed by atoms with Gasteiger partial charge in [0.15, 0.2) is 0 Å². The number of benzene rings is 1. The van der Waals surface area contributed by atoms with E-state index in [0.29, 0.717) is 0 Å². The standard InChI is InChI=1S/C14H17NS2/c1-11(15)12-4-2-5-14(10-12)17-9-7-13-6-3-8-16-13/h2-6,8,10-11H,7,9,15H2,1H3. The van der Waals surface area contributed by atoms with Crippen LogP contribution in [0.3, 0.4) is 0 Å². The quantitative estimate of drug-likeness (QED) is 0.822. The van der Waals surface area contributed by atoms with Crippen molar-refractivity contribution in [1.82, 2.24) is 0 Å². The number of thiophene rings is 1. The van der Waals surface area contributed by atoms with Crippen molar-refractivity contribution < 1.29 is 0 Å². The zero-order chi connectivity index (χ0) is 12.1. The molecule has 0 fully saturated rings. The molecule has 0 saturated carbocycles. The average Bonchev–Trinajstić information content (AvgIpc) is 2.82. The minimum absolute atomic E-state index is 0.118. The molecule has 2 N–H and O–H groups in total. The molecule has 1 heterocycles. The third kappa shape index (κ3) is 3.87. The summed E-state index contributed by atoms with van der Waals surface area (Å²) < 4.78 is 0. The summed E-state index contributed by atoms with van der Waals surface area (Å²) in [6, 6.07) is 13.0. The van der Waals surface area contributed by atoms with Gasteiger partial charge in [-0.05, 0) is 42.5 Å². The molecule has 90 valence electrons. The summed E-state index contributed by atoms with van der Waals surface area (Å²) in [6.45, 7) is 2.02. The lowest BCUT2D eigenvalue weighted by Crippen LogP contribution is -2.04.